The topological polar surface area (TPSA) is 24.4 Å². The molecule has 2 aromatic carbocycles. The van der Waals surface area contributed by atoms with Crippen LogP contribution in [0.5, 0.6) is 0 Å². The van der Waals surface area contributed by atoms with E-state index in [1.807, 2.05) is 32.0 Å². The number of hydrogen-bond donors (Lipinski definition) is 1. The van der Waals surface area contributed by atoms with Gasteiger partial charge in [-0.15, -0.1) is 0 Å². The summed E-state index contributed by atoms with van der Waals surface area (Å²) in [4.78, 5) is 0. The fraction of sp³-hybridized carbons (Fsp3) is 0.235. The van der Waals surface area contributed by atoms with E-state index >= 15 is 0 Å². The van der Waals surface area contributed by atoms with Crippen LogP contribution >= 0.6 is 0 Å². The van der Waals surface area contributed by atoms with Crippen LogP contribution in [0, 0.1) is 13.8 Å². The van der Waals surface area contributed by atoms with Gasteiger partial charge in [-0.1, -0.05) is 24.3 Å². The van der Waals surface area contributed by atoms with Crippen molar-refractivity contribution in [3.8, 4) is 0 Å². The molecule has 0 aromatic heterocycles. The van der Waals surface area contributed by atoms with Gasteiger partial charge in [0.05, 0.1) is 17.0 Å². The van der Waals surface area contributed by atoms with Crippen LogP contribution in [0.15, 0.2) is 47.6 Å². The molecule has 1 N–H and O–H groups in total. The van der Waals surface area contributed by atoms with Crippen molar-refractivity contribution in [1.29, 1.82) is 0 Å². The Hall–Kier alpha value is -2.30. The van der Waals surface area contributed by atoms with E-state index < -0.39 is 11.7 Å². The van der Waals surface area contributed by atoms with Crippen LogP contribution < -0.4 is 5.43 Å². The van der Waals surface area contributed by atoms with E-state index in [0.717, 1.165) is 22.8 Å². The molecule has 0 fully saturated rings. The zero-order valence-corrected chi connectivity index (χ0v) is 12.6. The van der Waals surface area contributed by atoms with E-state index in [1.165, 1.54) is 12.1 Å². The first kappa shape index (κ1) is 16.1. The maximum absolute atomic E-state index is 12.9. The second-order valence-electron chi connectivity index (χ2n) is 5.15. The highest BCUT2D eigenvalue weighted by Crippen LogP contribution is 2.34. The van der Waals surface area contributed by atoms with Gasteiger partial charge >= 0.3 is 6.18 Å². The Morgan fingerprint density at radius 1 is 1.00 bits per heavy atom. The molecular weight excluding hydrogens is 289 g/mol. The summed E-state index contributed by atoms with van der Waals surface area (Å²) in [7, 11) is 0. The average Bonchev–Trinajstić information content (AvgIpc) is 2.47. The van der Waals surface area contributed by atoms with Crippen LogP contribution in [-0.2, 0) is 6.18 Å². The van der Waals surface area contributed by atoms with Gasteiger partial charge in [0.1, 0.15) is 0 Å². The Bertz CT molecular complexity index is 703. The van der Waals surface area contributed by atoms with Gasteiger partial charge in [0.2, 0.25) is 0 Å². The summed E-state index contributed by atoms with van der Waals surface area (Å²) < 4.78 is 38.7. The van der Waals surface area contributed by atoms with Crippen molar-refractivity contribution in [2.45, 2.75) is 26.9 Å². The molecule has 2 nitrogen and oxygen atoms in total. The van der Waals surface area contributed by atoms with Gasteiger partial charge in [-0.2, -0.15) is 18.3 Å². The van der Waals surface area contributed by atoms with Crippen molar-refractivity contribution in [1.82, 2.24) is 0 Å². The van der Waals surface area contributed by atoms with Crippen LogP contribution in [0.2, 0.25) is 0 Å². The zero-order chi connectivity index (χ0) is 16.3. The first-order chi connectivity index (χ1) is 10.3. The summed E-state index contributed by atoms with van der Waals surface area (Å²) in [5.41, 5.74) is 5.51. The standard InChI is InChI=1S/C17H17F3N2/c1-11-8-9-14(10-12(11)2)13(3)21-22-16-7-5-4-6-15(16)17(18,19)20/h4-10,22H,1-3H3/b21-13+. The van der Waals surface area contributed by atoms with Crippen molar-refractivity contribution in [2.24, 2.45) is 5.10 Å². The molecule has 0 saturated carbocycles. The molecule has 0 unspecified atom stereocenters. The number of nitrogens with one attached hydrogen (secondary N) is 1. The van der Waals surface area contributed by atoms with Crippen molar-refractivity contribution >= 4 is 11.4 Å². The predicted molar refractivity (Wildman–Crippen MR) is 83.2 cm³/mol. The number of halogens is 3. The first-order valence-corrected chi connectivity index (χ1v) is 6.83. The molecule has 0 saturated heterocycles. The van der Waals surface area contributed by atoms with E-state index in [0.29, 0.717) is 5.71 Å². The number of anilines is 1. The average molecular weight is 306 g/mol. The lowest BCUT2D eigenvalue weighted by Crippen LogP contribution is -2.09. The minimum atomic E-state index is -4.41. The highest BCUT2D eigenvalue weighted by Gasteiger charge is 2.33. The summed E-state index contributed by atoms with van der Waals surface area (Å²) in [5, 5.41) is 4.08. The molecule has 22 heavy (non-hydrogen) atoms. The largest absolute Gasteiger partial charge is 0.418 e. The van der Waals surface area contributed by atoms with Gasteiger partial charge in [0.15, 0.2) is 0 Å². The molecule has 2 aromatic rings. The van der Waals surface area contributed by atoms with E-state index in [1.54, 1.807) is 13.0 Å². The van der Waals surface area contributed by atoms with Crippen LogP contribution in [0.3, 0.4) is 0 Å². The number of aryl methyl sites for hydroxylation is 2. The first-order valence-electron chi connectivity index (χ1n) is 6.83. The third-order valence-electron chi connectivity index (χ3n) is 3.50. The maximum atomic E-state index is 12.9. The fourth-order valence-electron chi connectivity index (χ4n) is 2.00. The van der Waals surface area contributed by atoms with Gasteiger partial charge in [-0.05, 0) is 55.7 Å². The Morgan fingerprint density at radius 2 is 1.68 bits per heavy atom. The molecule has 0 atom stereocenters. The van der Waals surface area contributed by atoms with Gasteiger partial charge in [0, 0.05) is 0 Å². The second-order valence-corrected chi connectivity index (χ2v) is 5.15. The van der Waals surface area contributed by atoms with E-state index in [2.05, 4.69) is 10.5 Å². The fourth-order valence-corrected chi connectivity index (χ4v) is 2.00. The molecule has 0 bridgehead atoms. The lowest BCUT2D eigenvalue weighted by Gasteiger charge is -2.12. The second kappa shape index (κ2) is 6.22. The SMILES string of the molecule is C/C(=N\Nc1ccccc1C(F)(F)F)c1ccc(C)c(C)c1. The molecule has 0 heterocycles. The van der Waals surface area contributed by atoms with Gasteiger partial charge in [-0.3, -0.25) is 5.43 Å². The smallest absolute Gasteiger partial charge is 0.278 e. The van der Waals surface area contributed by atoms with Crippen LogP contribution in [-0.4, -0.2) is 5.71 Å². The number of hydrogen-bond acceptors (Lipinski definition) is 2. The minimum Gasteiger partial charge on any atom is -0.278 e. The number of alkyl halides is 3. The number of benzene rings is 2. The lowest BCUT2D eigenvalue weighted by atomic mass is 10.0. The lowest BCUT2D eigenvalue weighted by molar-refractivity contribution is -0.136. The molecule has 0 spiro atoms. The highest BCUT2D eigenvalue weighted by molar-refractivity contribution is 5.99. The van der Waals surface area contributed by atoms with Crippen LogP contribution in [0.4, 0.5) is 18.9 Å². The quantitative estimate of drug-likeness (QED) is 0.615. The van der Waals surface area contributed by atoms with Crippen LogP contribution in [0.1, 0.15) is 29.2 Å². The van der Waals surface area contributed by atoms with E-state index in [9.17, 15) is 13.2 Å². The highest BCUT2D eigenvalue weighted by atomic mass is 19.4. The summed E-state index contributed by atoms with van der Waals surface area (Å²) in [5.74, 6) is 0. The van der Waals surface area contributed by atoms with Gasteiger partial charge in [0.25, 0.3) is 0 Å². The number of hydrazone groups is 1. The van der Waals surface area contributed by atoms with E-state index in [-0.39, 0.29) is 5.69 Å². The summed E-state index contributed by atoms with van der Waals surface area (Å²) in [6, 6.07) is 11.1. The monoisotopic (exact) mass is 306 g/mol. The minimum absolute atomic E-state index is 0.0572. The Balaban J connectivity index is 2.26. The van der Waals surface area contributed by atoms with Crippen molar-refractivity contribution < 1.29 is 13.2 Å². The Morgan fingerprint density at radius 3 is 2.32 bits per heavy atom. The number of nitrogens with zero attached hydrogens (tertiary/aromatic N) is 1. The molecule has 0 radical (unpaired) electrons. The molecule has 0 aliphatic carbocycles. The maximum Gasteiger partial charge on any atom is 0.418 e. The molecule has 116 valence electrons. The third kappa shape index (κ3) is 3.67. The van der Waals surface area contributed by atoms with Crippen molar-refractivity contribution in [2.75, 3.05) is 5.43 Å². The molecular formula is C17H17F3N2. The van der Waals surface area contributed by atoms with Crippen molar-refractivity contribution in [3.63, 3.8) is 0 Å². The molecule has 0 amide bonds. The zero-order valence-electron chi connectivity index (χ0n) is 12.6. The third-order valence-corrected chi connectivity index (χ3v) is 3.50. The molecule has 5 heteroatoms. The predicted octanol–water partition coefficient (Wildman–Crippen LogP) is 5.16. The Labute approximate surface area is 127 Å². The van der Waals surface area contributed by atoms with Crippen molar-refractivity contribution in [3.05, 3.63) is 64.7 Å². The Kier molecular flexibility index (Phi) is 4.54. The number of rotatable bonds is 3. The molecule has 0 aliphatic rings. The van der Waals surface area contributed by atoms with Gasteiger partial charge in [-0.25, -0.2) is 0 Å². The van der Waals surface area contributed by atoms with Gasteiger partial charge < -0.3 is 0 Å². The number of para-hydroxylation sites is 1. The van der Waals surface area contributed by atoms with E-state index in [4.69, 9.17) is 0 Å². The summed E-state index contributed by atoms with van der Waals surface area (Å²) in [6.45, 7) is 5.75. The summed E-state index contributed by atoms with van der Waals surface area (Å²) in [6.07, 6.45) is -4.41. The molecule has 2 rings (SSSR count). The summed E-state index contributed by atoms with van der Waals surface area (Å²) >= 11 is 0. The molecule has 0 aliphatic heterocycles. The van der Waals surface area contributed by atoms with Crippen LogP contribution in [0.25, 0.3) is 0 Å². The normalized spacial score (nSPS) is 12.4.